The molecule has 1 aromatic carbocycles. The Hall–Kier alpha value is -1.88. The fourth-order valence-electron chi connectivity index (χ4n) is 3.25. The number of rotatable bonds is 3. The number of hydrogen-bond acceptors (Lipinski definition) is 3. The quantitative estimate of drug-likeness (QED) is 0.911. The Labute approximate surface area is 147 Å². The zero-order valence-corrected chi connectivity index (χ0v) is 14.7. The highest BCUT2D eigenvalue weighted by molar-refractivity contribution is 6.30. The highest BCUT2D eigenvalue weighted by Gasteiger charge is 2.21. The van der Waals surface area contributed by atoms with Crippen molar-refractivity contribution in [1.29, 1.82) is 0 Å². The number of nitrogens with one attached hydrogen (secondary N) is 1. The summed E-state index contributed by atoms with van der Waals surface area (Å²) in [6.45, 7) is 1.86. The van der Waals surface area contributed by atoms with Crippen LogP contribution in [0.25, 0.3) is 5.69 Å². The number of carbonyl (C=O) groups is 1. The molecule has 0 spiro atoms. The van der Waals surface area contributed by atoms with E-state index in [9.17, 15) is 4.79 Å². The van der Waals surface area contributed by atoms with Gasteiger partial charge in [0.1, 0.15) is 0 Å². The summed E-state index contributed by atoms with van der Waals surface area (Å²) in [7, 11) is 0. The topological polar surface area (TPSA) is 59.8 Å². The van der Waals surface area contributed by atoms with E-state index in [1.165, 1.54) is 32.1 Å². The molecular formula is C18H23ClN4O. The SMILES string of the molecule is Cc1c(C(=O)NC2CCCCCCC2)nnn1-c1cccc(Cl)c1. The van der Waals surface area contributed by atoms with E-state index in [1.54, 1.807) is 16.8 Å². The van der Waals surface area contributed by atoms with Crippen molar-refractivity contribution in [3.63, 3.8) is 0 Å². The average molecular weight is 347 g/mol. The van der Waals surface area contributed by atoms with E-state index in [2.05, 4.69) is 15.6 Å². The van der Waals surface area contributed by atoms with Crippen molar-refractivity contribution >= 4 is 17.5 Å². The van der Waals surface area contributed by atoms with Gasteiger partial charge in [-0.1, -0.05) is 55.0 Å². The lowest BCUT2D eigenvalue weighted by Crippen LogP contribution is -2.35. The Morgan fingerprint density at radius 3 is 2.62 bits per heavy atom. The monoisotopic (exact) mass is 346 g/mol. The summed E-state index contributed by atoms with van der Waals surface area (Å²) in [4.78, 5) is 12.6. The Morgan fingerprint density at radius 1 is 1.21 bits per heavy atom. The molecule has 1 amide bonds. The third-order valence-electron chi connectivity index (χ3n) is 4.60. The summed E-state index contributed by atoms with van der Waals surface area (Å²) in [6, 6.07) is 7.60. The summed E-state index contributed by atoms with van der Waals surface area (Å²) in [6.07, 6.45) is 8.29. The fraction of sp³-hybridized carbons (Fsp3) is 0.500. The first-order valence-electron chi connectivity index (χ1n) is 8.64. The molecule has 1 N–H and O–H groups in total. The van der Waals surface area contributed by atoms with Crippen LogP contribution in [0.4, 0.5) is 0 Å². The molecule has 0 atom stereocenters. The third kappa shape index (κ3) is 3.96. The summed E-state index contributed by atoms with van der Waals surface area (Å²) in [5.74, 6) is -0.133. The Kier molecular flexibility index (Phi) is 5.51. The van der Waals surface area contributed by atoms with Gasteiger partial charge in [0.2, 0.25) is 0 Å². The van der Waals surface area contributed by atoms with Gasteiger partial charge in [0.15, 0.2) is 5.69 Å². The standard InChI is InChI=1S/C18H23ClN4O/c1-13-17(18(24)20-15-9-5-3-2-4-6-10-15)21-22-23(13)16-11-7-8-14(19)12-16/h7-8,11-12,15H,2-6,9-10H2,1H3,(H,20,24). The Bertz CT molecular complexity index is 705. The summed E-state index contributed by atoms with van der Waals surface area (Å²) >= 11 is 6.03. The first-order valence-corrected chi connectivity index (χ1v) is 9.02. The van der Waals surface area contributed by atoms with E-state index >= 15 is 0 Å². The molecule has 0 unspecified atom stereocenters. The van der Waals surface area contributed by atoms with E-state index in [4.69, 9.17) is 11.6 Å². The number of nitrogens with zero attached hydrogens (tertiary/aromatic N) is 3. The summed E-state index contributed by atoms with van der Waals surface area (Å²) < 4.78 is 1.65. The molecule has 0 saturated heterocycles. The molecule has 5 nitrogen and oxygen atoms in total. The van der Waals surface area contributed by atoms with Crippen LogP contribution < -0.4 is 5.32 Å². The number of hydrogen-bond donors (Lipinski definition) is 1. The van der Waals surface area contributed by atoms with Crippen molar-refractivity contribution < 1.29 is 4.79 Å². The second-order valence-corrected chi connectivity index (χ2v) is 6.87. The molecule has 1 aliphatic carbocycles. The number of amides is 1. The van der Waals surface area contributed by atoms with Gasteiger partial charge in [-0.05, 0) is 38.0 Å². The fourth-order valence-corrected chi connectivity index (χ4v) is 3.43. The molecule has 1 saturated carbocycles. The van der Waals surface area contributed by atoms with Gasteiger partial charge in [-0.15, -0.1) is 5.10 Å². The van der Waals surface area contributed by atoms with Crippen LogP contribution in [-0.2, 0) is 0 Å². The van der Waals surface area contributed by atoms with E-state index in [1.807, 2.05) is 19.1 Å². The smallest absolute Gasteiger partial charge is 0.273 e. The van der Waals surface area contributed by atoms with Crippen LogP contribution in [0.3, 0.4) is 0 Å². The van der Waals surface area contributed by atoms with Crippen LogP contribution >= 0.6 is 11.6 Å². The van der Waals surface area contributed by atoms with Crippen LogP contribution in [0.5, 0.6) is 0 Å². The molecule has 24 heavy (non-hydrogen) atoms. The van der Waals surface area contributed by atoms with Crippen molar-refractivity contribution in [2.24, 2.45) is 0 Å². The van der Waals surface area contributed by atoms with Crippen molar-refractivity contribution in [2.75, 3.05) is 0 Å². The van der Waals surface area contributed by atoms with Crippen LogP contribution in [0.2, 0.25) is 5.02 Å². The van der Waals surface area contributed by atoms with Crippen molar-refractivity contribution in [3.8, 4) is 5.69 Å². The van der Waals surface area contributed by atoms with Crippen LogP contribution in [-0.4, -0.2) is 26.9 Å². The minimum absolute atomic E-state index is 0.133. The van der Waals surface area contributed by atoms with Gasteiger partial charge in [0, 0.05) is 11.1 Å². The zero-order chi connectivity index (χ0) is 16.9. The van der Waals surface area contributed by atoms with Crippen LogP contribution in [0.15, 0.2) is 24.3 Å². The third-order valence-corrected chi connectivity index (χ3v) is 4.84. The van der Waals surface area contributed by atoms with Crippen molar-refractivity contribution in [2.45, 2.75) is 57.9 Å². The average Bonchev–Trinajstić information content (AvgIpc) is 2.91. The maximum Gasteiger partial charge on any atom is 0.273 e. The van der Waals surface area contributed by atoms with Crippen molar-refractivity contribution in [1.82, 2.24) is 20.3 Å². The molecular weight excluding hydrogens is 324 g/mol. The van der Waals surface area contributed by atoms with Gasteiger partial charge in [0.25, 0.3) is 5.91 Å². The molecule has 1 heterocycles. The lowest BCUT2D eigenvalue weighted by Gasteiger charge is -2.20. The Balaban J connectivity index is 1.73. The predicted molar refractivity (Wildman–Crippen MR) is 94.7 cm³/mol. The molecule has 2 aromatic rings. The lowest BCUT2D eigenvalue weighted by molar-refractivity contribution is 0.0924. The maximum absolute atomic E-state index is 12.6. The molecule has 1 aliphatic rings. The van der Waals surface area contributed by atoms with Gasteiger partial charge in [-0.25, -0.2) is 4.68 Å². The number of benzene rings is 1. The molecule has 6 heteroatoms. The molecule has 1 fully saturated rings. The molecule has 0 bridgehead atoms. The highest BCUT2D eigenvalue weighted by Crippen LogP contribution is 2.19. The van der Waals surface area contributed by atoms with Crippen molar-refractivity contribution in [3.05, 3.63) is 40.7 Å². The summed E-state index contributed by atoms with van der Waals surface area (Å²) in [5.41, 5.74) is 1.91. The minimum atomic E-state index is -0.133. The number of aromatic nitrogens is 3. The number of carbonyl (C=O) groups excluding carboxylic acids is 1. The molecule has 0 radical (unpaired) electrons. The molecule has 1 aromatic heterocycles. The van der Waals surface area contributed by atoms with Gasteiger partial charge >= 0.3 is 0 Å². The van der Waals surface area contributed by atoms with Gasteiger partial charge in [0.05, 0.1) is 11.4 Å². The predicted octanol–water partition coefficient (Wildman–Crippen LogP) is 4.07. The van der Waals surface area contributed by atoms with Gasteiger partial charge in [-0.3, -0.25) is 4.79 Å². The first kappa shape index (κ1) is 17.0. The largest absolute Gasteiger partial charge is 0.348 e. The highest BCUT2D eigenvalue weighted by atomic mass is 35.5. The minimum Gasteiger partial charge on any atom is -0.348 e. The summed E-state index contributed by atoms with van der Waals surface area (Å²) in [5, 5.41) is 12.0. The Morgan fingerprint density at radius 2 is 1.92 bits per heavy atom. The normalized spacial score (nSPS) is 16.4. The first-order chi connectivity index (χ1) is 11.6. The number of halogens is 1. The second-order valence-electron chi connectivity index (χ2n) is 6.43. The second kappa shape index (κ2) is 7.79. The zero-order valence-electron chi connectivity index (χ0n) is 14.0. The molecule has 128 valence electrons. The lowest BCUT2D eigenvalue weighted by atomic mass is 9.96. The maximum atomic E-state index is 12.6. The van der Waals surface area contributed by atoms with E-state index < -0.39 is 0 Å². The van der Waals surface area contributed by atoms with Gasteiger partial charge < -0.3 is 5.32 Å². The van der Waals surface area contributed by atoms with E-state index in [0.29, 0.717) is 10.7 Å². The van der Waals surface area contributed by atoms with Crippen LogP contribution in [0.1, 0.15) is 61.1 Å². The van der Waals surface area contributed by atoms with E-state index in [0.717, 1.165) is 24.2 Å². The van der Waals surface area contributed by atoms with Gasteiger partial charge in [-0.2, -0.15) is 0 Å². The molecule has 3 rings (SSSR count). The van der Waals surface area contributed by atoms with E-state index in [-0.39, 0.29) is 11.9 Å². The molecule has 0 aliphatic heterocycles. The van der Waals surface area contributed by atoms with Crippen LogP contribution in [0, 0.1) is 6.92 Å².